The summed E-state index contributed by atoms with van der Waals surface area (Å²) in [4.78, 5) is 11.8. The quantitative estimate of drug-likeness (QED) is 0.666. The van der Waals surface area contributed by atoms with Crippen LogP contribution in [0.4, 0.5) is 17.5 Å². The van der Waals surface area contributed by atoms with E-state index in [1.807, 2.05) is 25.2 Å². The molecule has 0 amide bonds. The maximum Gasteiger partial charge on any atom is 0.229 e. The van der Waals surface area contributed by atoms with Gasteiger partial charge in [0.2, 0.25) is 5.95 Å². The summed E-state index contributed by atoms with van der Waals surface area (Å²) in [5.41, 5.74) is 2.52. The molecule has 158 valence electrons. The van der Waals surface area contributed by atoms with Gasteiger partial charge in [0.1, 0.15) is 5.82 Å². The first-order valence-corrected chi connectivity index (χ1v) is 9.79. The summed E-state index contributed by atoms with van der Waals surface area (Å²) < 4.78 is 0. The van der Waals surface area contributed by atoms with Crippen molar-refractivity contribution >= 4 is 42.3 Å². The fourth-order valence-electron chi connectivity index (χ4n) is 3.40. The summed E-state index contributed by atoms with van der Waals surface area (Å²) in [6, 6.07) is 12.2. The molecule has 1 unspecified atom stereocenters. The Morgan fingerprint density at radius 2 is 2.07 bits per heavy atom. The molecule has 1 aromatic heterocycles. The van der Waals surface area contributed by atoms with Gasteiger partial charge in [0.15, 0.2) is 0 Å². The van der Waals surface area contributed by atoms with E-state index in [4.69, 9.17) is 15.2 Å². The normalized spacial score (nSPS) is 15.6. The monoisotopic (exact) mass is 436 g/mol. The highest BCUT2D eigenvalue weighted by molar-refractivity contribution is 5.85. The molecular weight excluding hydrogens is 407 g/mol. The van der Waals surface area contributed by atoms with Crippen molar-refractivity contribution in [2.75, 3.05) is 30.4 Å². The van der Waals surface area contributed by atoms with Crippen LogP contribution in [-0.4, -0.2) is 36.1 Å². The van der Waals surface area contributed by atoms with Crippen molar-refractivity contribution in [1.29, 1.82) is 5.26 Å². The molecule has 1 saturated heterocycles. The zero-order valence-corrected chi connectivity index (χ0v) is 18.7. The van der Waals surface area contributed by atoms with Gasteiger partial charge in [0.25, 0.3) is 0 Å². The molecule has 1 atom stereocenters. The third kappa shape index (κ3) is 7.04. The summed E-state index contributed by atoms with van der Waals surface area (Å²) in [7, 11) is 2.02. The van der Waals surface area contributed by atoms with Crippen LogP contribution in [0.2, 0.25) is 0 Å². The number of likely N-dealkylation sites (N-methyl/N-ethyl adjacent to an activating group) is 1. The second-order valence-corrected chi connectivity index (χ2v) is 7.04. The van der Waals surface area contributed by atoms with Gasteiger partial charge in [-0.3, -0.25) is 0 Å². The molecule has 0 radical (unpaired) electrons. The average Bonchev–Trinajstić information content (AvgIpc) is 2.72. The van der Waals surface area contributed by atoms with Gasteiger partial charge >= 0.3 is 0 Å². The van der Waals surface area contributed by atoms with Gasteiger partial charge in [0.05, 0.1) is 11.6 Å². The molecule has 0 bridgehead atoms. The largest absolute Gasteiger partial charge is 0.355 e. The molecule has 1 aliphatic heterocycles. The standard InChI is InChI=1S/C21H28N6.2ClH/c1-3-4-8-18-13-20(27-11-6-10-19(15-27)23-2)26-21(25-18)24-17-9-5-7-16(12-17)14-22;;/h5,7,9,12-13,19,23H,3-4,6,8,10-11,15H2,1-2H3,(H,24,25,26);2*1H. The van der Waals surface area contributed by atoms with Crippen LogP contribution in [0, 0.1) is 11.3 Å². The second-order valence-electron chi connectivity index (χ2n) is 7.04. The number of piperidine rings is 1. The number of benzene rings is 1. The van der Waals surface area contributed by atoms with Crippen LogP contribution in [0.25, 0.3) is 0 Å². The Kier molecular flexibility index (Phi) is 10.7. The number of hydrogen-bond acceptors (Lipinski definition) is 6. The molecule has 29 heavy (non-hydrogen) atoms. The van der Waals surface area contributed by atoms with E-state index in [0.717, 1.165) is 56.0 Å². The van der Waals surface area contributed by atoms with Gasteiger partial charge in [-0.1, -0.05) is 19.4 Å². The number of hydrogen-bond donors (Lipinski definition) is 2. The number of rotatable bonds is 7. The highest BCUT2D eigenvalue weighted by Crippen LogP contribution is 2.23. The smallest absolute Gasteiger partial charge is 0.229 e. The van der Waals surface area contributed by atoms with E-state index in [1.165, 1.54) is 6.42 Å². The molecule has 6 nitrogen and oxygen atoms in total. The summed E-state index contributed by atoms with van der Waals surface area (Å²) in [6.07, 6.45) is 5.55. The fraction of sp³-hybridized carbons (Fsp3) is 0.476. The van der Waals surface area contributed by atoms with Gasteiger partial charge in [-0.25, -0.2) is 4.98 Å². The molecule has 2 aromatic rings. The number of unbranched alkanes of at least 4 members (excludes halogenated alkanes) is 1. The predicted octanol–water partition coefficient (Wildman–Crippen LogP) is 4.47. The number of nitrogens with one attached hydrogen (secondary N) is 2. The average molecular weight is 437 g/mol. The molecule has 2 heterocycles. The van der Waals surface area contributed by atoms with E-state index in [1.54, 1.807) is 6.07 Å². The summed E-state index contributed by atoms with van der Waals surface area (Å²) in [5, 5.41) is 15.8. The number of halogens is 2. The molecule has 1 fully saturated rings. The van der Waals surface area contributed by atoms with Crippen LogP contribution in [0.5, 0.6) is 0 Å². The SMILES string of the molecule is CCCCc1cc(N2CCCC(NC)C2)nc(Nc2cccc(C#N)c2)n1.Cl.Cl. The van der Waals surface area contributed by atoms with Crippen molar-refractivity contribution in [3.8, 4) is 6.07 Å². The van der Waals surface area contributed by atoms with E-state index in [0.29, 0.717) is 17.6 Å². The number of anilines is 3. The maximum absolute atomic E-state index is 9.11. The fourth-order valence-corrected chi connectivity index (χ4v) is 3.40. The molecule has 2 N–H and O–H groups in total. The minimum absolute atomic E-state index is 0. The number of nitrogens with zero attached hydrogens (tertiary/aromatic N) is 4. The lowest BCUT2D eigenvalue weighted by molar-refractivity contribution is 0.447. The third-order valence-corrected chi connectivity index (χ3v) is 4.95. The van der Waals surface area contributed by atoms with Crippen molar-refractivity contribution in [2.45, 2.75) is 45.1 Å². The van der Waals surface area contributed by atoms with Crippen molar-refractivity contribution in [3.63, 3.8) is 0 Å². The molecule has 8 heteroatoms. The predicted molar refractivity (Wildman–Crippen MR) is 124 cm³/mol. The number of aryl methyl sites for hydroxylation is 1. The first-order valence-electron chi connectivity index (χ1n) is 9.79. The maximum atomic E-state index is 9.11. The van der Waals surface area contributed by atoms with Crippen LogP contribution in [0.1, 0.15) is 43.9 Å². The molecule has 1 aliphatic rings. The Hall–Kier alpha value is -2.07. The molecule has 0 aliphatic carbocycles. The van der Waals surface area contributed by atoms with Crippen LogP contribution in [0.3, 0.4) is 0 Å². The van der Waals surface area contributed by atoms with E-state index in [2.05, 4.69) is 34.6 Å². The molecular formula is C21H30Cl2N6. The third-order valence-electron chi connectivity index (χ3n) is 4.95. The van der Waals surface area contributed by atoms with Gasteiger partial charge in [-0.05, 0) is 50.9 Å². The van der Waals surface area contributed by atoms with E-state index < -0.39 is 0 Å². The molecule has 1 aromatic carbocycles. The minimum atomic E-state index is 0. The minimum Gasteiger partial charge on any atom is -0.355 e. The summed E-state index contributed by atoms with van der Waals surface area (Å²) in [6.45, 7) is 4.17. The van der Waals surface area contributed by atoms with E-state index in [9.17, 15) is 0 Å². The van der Waals surface area contributed by atoms with Gasteiger partial charge in [-0.15, -0.1) is 24.8 Å². The molecule has 0 spiro atoms. The van der Waals surface area contributed by atoms with Crippen LogP contribution in [-0.2, 0) is 6.42 Å². The lowest BCUT2D eigenvalue weighted by atomic mass is 10.1. The molecule has 0 saturated carbocycles. The topological polar surface area (TPSA) is 76.9 Å². The zero-order chi connectivity index (χ0) is 19.1. The van der Waals surface area contributed by atoms with Gasteiger partial charge < -0.3 is 15.5 Å². The zero-order valence-electron chi connectivity index (χ0n) is 17.0. The highest BCUT2D eigenvalue weighted by Gasteiger charge is 2.20. The Morgan fingerprint density at radius 1 is 1.24 bits per heavy atom. The van der Waals surface area contributed by atoms with Crippen LogP contribution < -0.4 is 15.5 Å². The lowest BCUT2D eigenvalue weighted by Crippen LogP contribution is -2.44. The first kappa shape index (κ1) is 25.0. The first-order chi connectivity index (χ1) is 13.2. The number of nitriles is 1. The van der Waals surface area contributed by atoms with Gasteiger partial charge in [0, 0.05) is 36.6 Å². The van der Waals surface area contributed by atoms with Crippen LogP contribution in [0.15, 0.2) is 30.3 Å². The summed E-state index contributed by atoms with van der Waals surface area (Å²) >= 11 is 0. The summed E-state index contributed by atoms with van der Waals surface area (Å²) in [5.74, 6) is 1.58. The van der Waals surface area contributed by atoms with Crippen molar-refractivity contribution in [1.82, 2.24) is 15.3 Å². The second kappa shape index (κ2) is 12.5. The van der Waals surface area contributed by atoms with E-state index >= 15 is 0 Å². The Balaban J connectivity index is 0.00000210. The van der Waals surface area contributed by atoms with Crippen molar-refractivity contribution in [2.24, 2.45) is 0 Å². The Morgan fingerprint density at radius 3 is 2.79 bits per heavy atom. The van der Waals surface area contributed by atoms with Gasteiger partial charge in [-0.2, -0.15) is 10.2 Å². The Labute approximate surface area is 185 Å². The van der Waals surface area contributed by atoms with Crippen LogP contribution >= 0.6 is 24.8 Å². The molecule has 3 rings (SSSR count). The van der Waals surface area contributed by atoms with Crippen molar-refractivity contribution in [3.05, 3.63) is 41.6 Å². The van der Waals surface area contributed by atoms with Crippen molar-refractivity contribution < 1.29 is 0 Å². The lowest BCUT2D eigenvalue weighted by Gasteiger charge is -2.33. The van der Waals surface area contributed by atoms with E-state index in [-0.39, 0.29) is 24.8 Å². The Bertz CT molecular complexity index is 808. The highest BCUT2D eigenvalue weighted by atomic mass is 35.5. The number of aromatic nitrogens is 2.